The normalized spacial score (nSPS) is 12.6. The van der Waals surface area contributed by atoms with Crippen LogP contribution in [0.2, 0.25) is 0 Å². The van der Waals surface area contributed by atoms with Gasteiger partial charge in [0.15, 0.2) is 0 Å². The molecule has 3 aromatic rings. The predicted molar refractivity (Wildman–Crippen MR) is 122 cm³/mol. The van der Waals surface area contributed by atoms with Gasteiger partial charge in [-0.15, -0.1) is 0 Å². The minimum atomic E-state index is -3.91. The number of hydrogen-bond acceptors (Lipinski definition) is 6. The number of ether oxygens (including phenoxy) is 1. The summed E-state index contributed by atoms with van der Waals surface area (Å²) in [6.07, 6.45) is 1.72. The van der Waals surface area contributed by atoms with Crippen LogP contribution in [0.15, 0.2) is 56.6 Å². The summed E-state index contributed by atoms with van der Waals surface area (Å²) in [5.74, 6) is -0.501. The molecule has 8 heteroatoms. The van der Waals surface area contributed by atoms with E-state index in [0.717, 1.165) is 22.9 Å². The highest BCUT2D eigenvalue weighted by Gasteiger charge is 2.27. The molecule has 0 aliphatic heterocycles. The first-order valence-corrected chi connectivity index (χ1v) is 12.0. The van der Waals surface area contributed by atoms with Crippen molar-refractivity contribution in [3.63, 3.8) is 0 Å². The number of rotatable bonds is 8. The fraction of sp³-hybridized carbons (Fsp3) is 0.333. The van der Waals surface area contributed by atoms with Gasteiger partial charge in [0, 0.05) is 17.0 Å². The first-order valence-electron chi connectivity index (χ1n) is 10.5. The third-order valence-corrected chi connectivity index (χ3v) is 6.78. The molecule has 3 rings (SSSR count). The molecule has 0 saturated carbocycles. The molecule has 170 valence electrons. The van der Waals surface area contributed by atoms with Crippen LogP contribution in [0.3, 0.4) is 0 Å². The van der Waals surface area contributed by atoms with Crippen molar-refractivity contribution in [2.45, 2.75) is 57.9 Å². The van der Waals surface area contributed by atoms with E-state index in [1.165, 1.54) is 18.2 Å². The van der Waals surface area contributed by atoms with Crippen LogP contribution in [0.5, 0.6) is 5.75 Å². The number of benzene rings is 2. The molecule has 0 aliphatic rings. The van der Waals surface area contributed by atoms with Crippen molar-refractivity contribution in [1.82, 2.24) is 4.72 Å². The third-order valence-electron chi connectivity index (χ3n) is 5.29. The third kappa shape index (κ3) is 5.26. The van der Waals surface area contributed by atoms with Gasteiger partial charge in [-0.05, 0) is 57.0 Å². The quantitative estimate of drug-likeness (QED) is 0.310. The van der Waals surface area contributed by atoms with Gasteiger partial charge in [-0.1, -0.05) is 37.5 Å². The van der Waals surface area contributed by atoms with Gasteiger partial charge in [0.25, 0.3) is 0 Å². The second-order valence-corrected chi connectivity index (χ2v) is 9.58. The Morgan fingerprint density at radius 1 is 1.09 bits per heavy atom. The lowest BCUT2D eigenvalue weighted by atomic mass is 10.1. The maximum atomic E-state index is 13.0. The zero-order valence-electron chi connectivity index (χ0n) is 18.6. The maximum Gasteiger partial charge on any atom is 0.336 e. The fourth-order valence-corrected chi connectivity index (χ4v) is 4.62. The van der Waals surface area contributed by atoms with Gasteiger partial charge in [0.2, 0.25) is 10.0 Å². The number of hydrogen-bond donors (Lipinski definition) is 1. The zero-order chi connectivity index (χ0) is 23.5. The molecule has 0 radical (unpaired) electrons. The van der Waals surface area contributed by atoms with Crippen molar-refractivity contribution in [2.75, 3.05) is 0 Å². The molecule has 0 aliphatic carbocycles. The molecule has 1 unspecified atom stereocenters. The minimum Gasteiger partial charge on any atom is -0.425 e. The van der Waals surface area contributed by atoms with Gasteiger partial charge >= 0.3 is 11.6 Å². The number of fused-ring (bicyclic) bond motifs is 1. The summed E-state index contributed by atoms with van der Waals surface area (Å²) in [6.45, 7) is 7.30. The number of nitrogens with one attached hydrogen (secondary N) is 1. The van der Waals surface area contributed by atoms with Gasteiger partial charge in [0.05, 0.1) is 4.90 Å². The smallest absolute Gasteiger partial charge is 0.336 e. The summed E-state index contributed by atoms with van der Waals surface area (Å²) >= 11 is 0. The predicted octanol–water partition coefficient (Wildman–Crippen LogP) is 4.16. The second kappa shape index (κ2) is 9.67. The summed E-state index contributed by atoms with van der Waals surface area (Å²) in [4.78, 5) is 24.8. The molecule has 1 atom stereocenters. The van der Waals surface area contributed by atoms with Crippen LogP contribution in [0.4, 0.5) is 0 Å². The summed E-state index contributed by atoms with van der Waals surface area (Å²) in [7, 11) is -3.91. The van der Waals surface area contributed by atoms with Crippen LogP contribution in [-0.2, 0) is 14.8 Å². The van der Waals surface area contributed by atoms with Crippen LogP contribution < -0.4 is 15.1 Å². The van der Waals surface area contributed by atoms with Gasteiger partial charge in [-0.3, -0.25) is 0 Å². The average Bonchev–Trinajstić information content (AvgIpc) is 2.73. The van der Waals surface area contributed by atoms with Gasteiger partial charge in [-0.2, -0.15) is 4.72 Å². The Bertz CT molecular complexity index is 1290. The van der Waals surface area contributed by atoms with Gasteiger partial charge in [-0.25, -0.2) is 18.0 Å². The van der Waals surface area contributed by atoms with Crippen LogP contribution in [0.25, 0.3) is 11.0 Å². The van der Waals surface area contributed by atoms with Crippen molar-refractivity contribution >= 4 is 27.0 Å². The van der Waals surface area contributed by atoms with Gasteiger partial charge < -0.3 is 9.15 Å². The van der Waals surface area contributed by atoms with Crippen LogP contribution in [0, 0.1) is 20.8 Å². The van der Waals surface area contributed by atoms with E-state index in [2.05, 4.69) is 4.72 Å². The molecule has 32 heavy (non-hydrogen) atoms. The zero-order valence-corrected chi connectivity index (χ0v) is 19.4. The number of esters is 1. The van der Waals surface area contributed by atoms with Gasteiger partial charge in [0.1, 0.15) is 17.4 Å². The Balaban J connectivity index is 1.89. The largest absolute Gasteiger partial charge is 0.425 e. The lowest BCUT2D eigenvalue weighted by Crippen LogP contribution is -2.43. The Hall–Kier alpha value is -2.97. The van der Waals surface area contributed by atoms with E-state index in [1.54, 1.807) is 38.1 Å². The van der Waals surface area contributed by atoms with Crippen molar-refractivity contribution in [3.8, 4) is 5.75 Å². The van der Waals surface area contributed by atoms with E-state index in [0.29, 0.717) is 24.0 Å². The summed E-state index contributed by atoms with van der Waals surface area (Å²) < 4.78 is 39.0. The molecule has 1 N–H and O–H groups in total. The van der Waals surface area contributed by atoms with E-state index in [4.69, 9.17) is 9.15 Å². The SMILES string of the molecule is CCCCC(NS(=O)(=O)c1ccc(C)cc1)C(=O)Oc1ccc2c(C)cc(=O)oc2c1C. The van der Waals surface area contributed by atoms with E-state index < -0.39 is 27.7 Å². The average molecular weight is 458 g/mol. The van der Waals surface area contributed by atoms with E-state index in [-0.39, 0.29) is 10.6 Å². The monoisotopic (exact) mass is 457 g/mol. The van der Waals surface area contributed by atoms with Crippen LogP contribution in [0.1, 0.15) is 42.9 Å². The minimum absolute atomic E-state index is 0.0801. The molecule has 0 amide bonds. The molecule has 0 saturated heterocycles. The maximum absolute atomic E-state index is 13.0. The van der Waals surface area contributed by atoms with Crippen molar-refractivity contribution in [3.05, 3.63) is 69.6 Å². The first kappa shape index (κ1) is 23.7. The molecule has 2 aromatic carbocycles. The lowest BCUT2D eigenvalue weighted by molar-refractivity contribution is -0.136. The summed E-state index contributed by atoms with van der Waals surface area (Å²) in [6, 6.07) is 10.1. The molecular weight excluding hydrogens is 430 g/mol. The Morgan fingerprint density at radius 2 is 1.78 bits per heavy atom. The Labute approximate surface area is 187 Å². The van der Waals surface area contributed by atoms with E-state index in [1.807, 2.05) is 13.8 Å². The molecular formula is C24H27NO6S. The number of carbonyl (C=O) groups excluding carboxylic acids is 1. The lowest BCUT2D eigenvalue weighted by Gasteiger charge is -2.18. The highest BCUT2D eigenvalue weighted by atomic mass is 32.2. The van der Waals surface area contributed by atoms with Crippen molar-refractivity contribution in [1.29, 1.82) is 0 Å². The molecule has 7 nitrogen and oxygen atoms in total. The standard InChI is InChI=1S/C24H27NO6S/c1-5-6-7-20(25-32(28,29)18-10-8-15(2)9-11-18)24(27)30-21-13-12-19-16(3)14-22(26)31-23(19)17(21)4/h8-14,20,25H,5-7H2,1-4H3. The second-order valence-electron chi connectivity index (χ2n) is 7.86. The number of aryl methyl sites for hydroxylation is 3. The van der Waals surface area contributed by atoms with Crippen molar-refractivity contribution < 1.29 is 22.4 Å². The molecule has 0 fully saturated rings. The van der Waals surface area contributed by atoms with E-state index in [9.17, 15) is 18.0 Å². The first-order chi connectivity index (χ1) is 15.1. The highest BCUT2D eigenvalue weighted by Crippen LogP contribution is 2.28. The summed E-state index contributed by atoms with van der Waals surface area (Å²) in [5.41, 5.74) is 2.02. The molecule has 0 bridgehead atoms. The number of sulfonamides is 1. The Kier molecular flexibility index (Phi) is 7.16. The number of carbonyl (C=O) groups is 1. The van der Waals surface area contributed by atoms with Crippen LogP contribution in [-0.4, -0.2) is 20.4 Å². The molecule has 1 aromatic heterocycles. The molecule has 1 heterocycles. The highest BCUT2D eigenvalue weighted by molar-refractivity contribution is 7.89. The van der Waals surface area contributed by atoms with E-state index >= 15 is 0 Å². The fourth-order valence-electron chi connectivity index (χ4n) is 3.40. The molecule has 0 spiro atoms. The number of unbranched alkanes of at least 4 members (excludes halogenated alkanes) is 1. The Morgan fingerprint density at radius 3 is 2.44 bits per heavy atom. The van der Waals surface area contributed by atoms with Crippen molar-refractivity contribution in [2.24, 2.45) is 0 Å². The van der Waals surface area contributed by atoms with Crippen LogP contribution >= 0.6 is 0 Å². The topological polar surface area (TPSA) is 103 Å². The summed E-state index contributed by atoms with van der Waals surface area (Å²) in [5, 5.41) is 0.740.